The maximum atomic E-state index is 12.4. The van der Waals surface area contributed by atoms with Crippen molar-refractivity contribution in [1.29, 1.82) is 0 Å². The zero-order valence-corrected chi connectivity index (χ0v) is 26.9. The van der Waals surface area contributed by atoms with Crippen molar-refractivity contribution in [1.82, 2.24) is 0 Å². The van der Waals surface area contributed by atoms with E-state index < -0.39 is 37.7 Å². The van der Waals surface area contributed by atoms with Gasteiger partial charge in [0.05, 0.1) is 24.4 Å². The molecule has 0 aliphatic heterocycles. The van der Waals surface area contributed by atoms with Gasteiger partial charge < -0.3 is 29.2 Å². The molecule has 0 spiro atoms. The molecule has 0 atom stereocenters. The Morgan fingerprint density at radius 3 is 1.83 bits per heavy atom. The van der Waals surface area contributed by atoms with Gasteiger partial charge in [-0.25, -0.2) is 9.59 Å². The van der Waals surface area contributed by atoms with E-state index in [1.165, 1.54) is 0 Å². The zero-order valence-electron chi connectivity index (χ0n) is 26.9. The zero-order chi connectivity index (χ0) is 35.1. The van der Waals surface area contributed by atoms with Gasteiger partial charge in [-0.3, -0.25) is 0 Å². The highest BCUT2D eigenvalue weighted by atomic mass is 19.4. The predicted octanol–water partition coefficient (Wildman–Crippen LogP) is 6.80. The van der Waals surface area contributed by atoms with Crippen LogP contribution in [0.3, 0.4) is 0 Å². The molecule has 48 heavy (non-hydrogen) atoms. The Hall–Kier alpha value is -4.61. The number of carbonyl (C=O) groups excluding carboxylic acids is 2. The molecule has 258 valence electrons. The molecule has 0 fully saturated rings. The summed E-state index contributed by atoms with van der Waals surface area (Å²) in [5.41, 5.74) is 5.69. The van der Waals surface area contributed by atoms with E-state index in [0.29, 0.717) is 24.3 Å². The Kier molecular flexibility index (Phi) is 14.7. The van der Waals surface area contributed by atoms with Crippen molar-refractivity contribution in [2.24, 2.45) is 0 Å². The van der Waals surface area contributed by atoms with E-state index >= 15 is 0 Å². The minimum atomic E-state index is -4.12. The first kappa shape index (κ1) is 37.8. The monoisotopic (exact) mass is 670 g/mol. The summed E-state index contributed by atoms with van der Waals surface area (Å²) in [6.45, 7) is 7.63. The van der Waals surface area contributed by atoms with Gasteiger partial charge in [0.15, 0.2) is 11.5 Å². The summed E-state index contributed by atoms with van der Waals surface area (Å²) in [7, 11) is 0. The normalized spacial score (nSPS) is 11.1. The number of ether oxygens (including phenoxy) is 4. The number of unbranched alkanes of at least 4 members (excludes halogenated alkanes) is 1. The Balaban J connectivity index is 1.76. The van der Waals surface area contributed by atoms with Crippen LogP contribution in [0.25, 0.3) is 22.3 Å². The minimum absolute atomic E-state index is 0.00722. The van der Waals surface area contributed by atoms with Crippen molar-refractivity contribution in [2.75, 3.05) is 39.6 Å². The third-order valence-electron chi connectivity index (χ3n) is 7.31. The van der Waals surface area contributed by atoms with Gasteiger partial charge in [0.25, 0.3) is 0 Å². The van der Waals surface area contributed by atoms with Gasteiger partial charge in [-0.15, -0.1) is 0 Å². The molecule has 0 radical (unpaired) electrons. The summed E-state index contributed by atoms with van der Waals surface area (Å²) in [6.07, 6.45) is -2.99. The van der Waals surface area contributed by atoms with Crippen molar-refractivity contribution in [3.05, 3.63) is 96.1 Å². The Morgan fingerprint density at radius 1 is 0.708 bits per heavy atom. The number of hydrogen-bond donors (Lipinski definition) is 2. The molecule has 0 unspecified atom stereocenters. The molecule has 3 aromatic rings. The Labute approximate surface area is 278 Å². The molecule has 0 saturated carbocycles. The van der Waals surface area contributed by atoms with E-state index in [-0.39, 0.29) is 44.0 Å². The number of rotatable bonds is 19. The number of aliphatic hydroxyl groups excluding tert-OH is 2. The SMILES string of the molecule is C=C(CO)C(=O)OCCOc1ccc(-c2ccc(-c3ccc(CCCCC(F)(F)F)cc3)cc2CC)cc1OCCOC(=O)C(=C)CO. The second-order valence-electron chi connectivity index (χ2n) is 10.9. The van der Waals surface area contributed by atoms with Crippen LogP contribution < -0.4 is 9.47 Å². The first-order valence-corrected chi connectivity index (χ1v) is 15.6. The number of halogens is 3. The van der Waals surface area contributed by atoms with Crippen molar-refractivity contribution in [2.45, 2.75) is 45.2 Å². The molecular weight excluding hydrogens is 629 g/mol. The van der Waals surface area contributed by atoms with Crippen LogP contribution in [0, 0.1) is 0 Å². The third kappa shape index (κ3) is 11.9. The van der Waals surface area contributed by atoms with E-state index in [2.05, 4.69) is 19.2 Å². The Bertz CT molecular complexity index is 1550. The number of carbonyl (C=O) groups is 2. The van der Waals surface area contributed by atoms with E-state index in [9.17, 15) is 22.8 Å². The number of alkyl halides is 3. The summed E-state index contributed by atoms with van der Waals surface area (Å²) in [5.74, 6) is -0.756. The highest BCUT2D eigenvalue weighted by Gasteiger charge is 2.25. The lowest BCUT2D eigenvalue weighted by atomic mass is 9.93. The standard InChI is InChI=1S/C37H41F3O8/c1-4-28-21-30(29-10-8-27(9-11-29)7-5-6-16-37(38,39)40)12-14-32(28)31-13-15-33(45-17-19-47-35(43)25(2)23-41)34(22-31)46-18-20-48-36(44)26(3)24-42/h8-15,21-22,41-42H,2-7,16-20,23-24H2,1H3. The quantitative estimate of drug-likeness (QED) is 0.0815. The summed E-state index contributed by atoms with van der Waals surface area (Å²) in [6, 6.07) is 19.3. The average molecular weight is 671 g/mol. The van der Waals surface area contributed by atoms with Crippen molar-refractivity contribution in [3.8, 4) is 33.8 Å². The maximum absolute atomic E-state index is 12.4. The van der Waals surface area contributed by atoms with Gasteiger partial charge in [0, 0.05) is 6.42 Å². The van der Waals surface area contributed by atoms with Gasteiger partial charge in [-0.2, -0.15) is 13.2 Å². The molecule has 0 amide bonds. The highest BCUT2D eigenvalue weighted by molar-refractivity contribution is 5.88. The van der Waals surface area contributed by atoms with E-state index in [1.54, 1.807) is 12.1 Å². The highest BCUT2D eigenvalue weighted by Crippen LogP contribution is 2.36. The summed E-state index contributed by atoms with van der Waals surface area (Å²) in [5, 5.41) is 18.1. The molecule has 0 aliphatic carbocycles. The van der Waals surface area contributed by atoms with E-state index in [0.717, 1.165) is 39.8 Å². The van der Waals surface area contributed by atoms with Crippen LogP contribution in [0.15, 0.2) is 85.0 Å². The molecule has 0 saturated heterocycles. The molecule has 0 aliphatic rings. The summed E-state index contributed by atoms with van der Waals surface area (Å²) < 4.78 is 59.1. The number of aliphatic hydroxyl groups is 2. The second-order valence-corrected chi connectivity index (χ2v) is 10.9. The molecule has 0 aromatic heterocycles. The fraction of sp³-hybridized carbons (Fsp3) is 0.351. The lowest BCUT2D eigenvalue weighted by molar-refractivity contribution is -0.141. The number of benzene rings is 3. The van der Waals surface area contributed by atoms with Crippen molar-refractivity contribution < 1.29 is 51.9 Å². The lowest BCUT2D eigenvalue weighted by Crippen LogP contribution is -2.16. The molecule has 8 nitrogen and oxygen atoms in total. The second kappa shape index (κ2) is 18.7. The van der Waals surface area contributed by atoms with Crippen LogP contribution in [0.2, 0.25) is 0 Å². The van der Waals surface area contributed by atoms with Crippen molar-refractivity contribution >= 4 is 11.9 Å². The molecular formula is C37H41F3O8. The Morgan fingerprint density at radius 2 is 1.27 bits per heavy atom. The van der Waals surface area contributed by atoms with Gasteiger partial charge >= 0.3 is 18.1 Å². The van der Waals surface area contributed by atoms with Gasteiger partial charge in [-0.05, 0) is 71.2 Å². The van der Waals surface area contributed by atoms with E-state index in [1.807, 2.05) is 49.4 Å². The fourth-order valence-corrected chi connectivity index (χ4v) is 4.68. The average Bonchev–Trinajstić information content (AvgIpc) is 3.09. The lowest BCUT2D eigenvalue weighted by Gasteiger charge is -2.17. The van der Waals surface area contributed by atoms with E-state index in [4.69, 9.17) is 29.2 Å². The number of esters is 2. The molecule has 0 bridgehead atoms. The molecule has 2 N–H and O–H groups in total. The van der Waals surface area contributed by atoms with Crippen LogP contribution in [0.5, 0.6) is 11.5 Å². The summed E-state index contributed by atoms with van der Waals surface area (Å²) >= 11 is 0. The molecule has 3 aromatic carbocycles. The molecule has 3 rings (SSSR count). The smallest absolute Gasteiger partial charge is 0.389 e. The first-order valence-electron chi connectivity index (χ1n) is 15.6. The van der Waals surface area contributed by atoms with Crippen LogP contribution in [-0.2, 0) is 31.9 Å². The van der Waals surface area contributed by atoms with Crippen LogP contribution >= 0.6 is 0 Å². The van der Waals surface area contributed by atoms with Crippen LogP contribution in [0.4, 0.5) is 13.2 Å². The first-order chi connectivity index (χ1) is 22.9. The topological polar surface area (TPSA) is 112 Å². The molecule has 0 heterocycles. The third-order valence-corrected chi connectivity index (χ3v) is 7.31. The van der Waals surface area contributed by atoms with Gasteiger partial charge in [0.2, 0.25) is 0 Å². The van der Waals surface area contributed by atoms with Gasteiger partial charge in [-0.1, -0.05) is 68.6 Å². The largest absolute Gasteiger partial charge is 0.486 e. The van der Waals surface area contributed by atoms with Crippen LogP contribution in [0.1, 0.15) is 37.3 Å². The molecule has 11 heteroatoms. The van der Waals surface area contributed by atoms with Crippen molar-refractivity contribution in [3.63, 3.8) is 0 Å². The maximum Gasteiger partial charge on any atom is 0.389 e. The minimum Gasteiger partial charge on any atom is -0.486 e. The summed E-state index contributed by atoms with van der Waals surface area (Å²) in [4.78, 5) is 23.6. The van der Waals surface area contributed by atoms with Gasteiger partial charge in [0.1, 0.15) is 26.4 Å². The fourth-order valence-electron chi connectivity index (χ4n) is 4.68. The van der Waals surface area contributed by atoms with Crippen LogP contribution in [-0.4, -0.2) is 68.0 Å². The number of aryl methyl sites for hydroxylation is 2. The number of hydrogen-bond acceptors (Lipinski definition) is 8. The predicted molar refractivity (Wildman–Crippen MR) is 176 cm³/mol.